The highest BCUT2D eigenvalue weighted by Crippen LogP contribution is 2.24. The van der Waals surface area contributed by atoms with Crippen LogP contribution in [0.25, 0.3) is 11.3 Å². The summed E-state index contributed by atoms with van der Waals surface area (Å²) in [6.07, 6.45) is 3.15. The number of oxazole rings is 1. The molecule has 0 spiro atoms. The minimum absolute atomic E-state index is 0.140. The lowest BCUT2D eigenvalue weighted by Gasteiger charge is -2.34. The van der Waals surface area contributed by atoms with Gasteiger partial charge in [0.05, 0.1) is 12.3 Å². The van der Waals surface area contributed by atoms with E-state index in [1.54, 1.807) is 18.0 Å². The zero-order valence-electron chi connectivity index (χ0n) is 14.7. The second-order valence-electron chi connectivity index (χ2n) is 6.69. The number of benzene rings is 1. The van der Waals surface area contributed by atoms with Gasteiger partial charge >= 0.3 is 6.03 Å². The van der Waals surface area contributed by atoms with Gasteiger partial charge < -0.3 is 19.7 Å². The number of hydrogen-bond donors (Lipinski definition) is 2. The first-order chi connectivity index (χ1) is 12.0. The minimum atomic E-state index is -0.395. The number of nitrogens with zero attached hydrogens (tertiary/aromatic N) is 2. The van der Waals surface area contributed by atoms with Crippen molar-refractivity contribution in [3.63, 3.8) is 0 Å². The average Bonchev–Trinajstić information content (AvgIpc) is 3.13. The maximum Gasteiger partial charge on any atom is 0.318 e. The lowest BCUT2D eigenvalue weighted by Crippen LogP contribution is -2.47. The summed E-state index contributed by atoms with van der Waals surface area (Å²) >= 11 is 0. The number of aromatic nitrogens is 1. The lowest BCUT2D eigenvalue weighted by molar-refractivity contribution is 0.0732. The molecule has 3 atom stereocenters. The highest BCUT2D eigenvalue weighted by Gasteiger charge is 2.27. The summed E-state index contributed by atoms with van der Waals surface area (Å²) in [6, 6.07) is 9.28. The van der Waals surface area contributed by atoms with Gasteiger partial charge in [-0.2, -0.15) is 0 Å². The van der Waals surface area contributed by atoms with Crippen LogP contribution in [0.1, 0.15) is 38.6 Å². The van der Waals surface area contributed by atoms with Crippen LogP contribution in [0.3, 0.4) is 0 Å². The lowest BCUT2D eigenvalue weighted by atomic mass is 9.94. The van der Waals surface area contributed by atoms with Crippen molar-refractivity contribution in [1.29, 1.82) is 0 Å². The smallest absolute Gasteiger partial charge is 0.318 e. The predicted octanol–water partition coefficient (Wildman–Crippen LogP) is 3.21. The summed E-state index contributed by atoms with van der Waals surface area (Å²) in [5.74, 6) is 1.31. The second kappa shape index (κ2) is 7.70. The molecule has 6 heteroatoms. The van der Waals surface area contributed by atoms with E-state index in [2.05, 4.69) is 10.3 Å². The van der Waals surface area contributed by atoms with E-state index in [0.717, 1.165) is 18.4 Å². The molecule has 6 nitrogen and oxygen atoms in total. The standard InChI is InChI=1S/C19H25N3O3/c1-13(18-20-11-17(25-18)15-7-4-3-5-8-15)21-19(24)22-10-6-9-16(12-22)14(2)23/h3-5,7-8,11,13-14,16,23H,6,9-10,12H2,1-2H3,(H,21,24). The molecule has 0 saturated carbocycles. The fraction of sp³-hybridized carbons (Fsp3) is 0.474. The van der Waals surface area contributed by atoms with Crippen molar-refractivity contribution in [2.24, 2.45) is 5.92 Å². The molecule has 2 amide bonds. The Morgan fingerprint density at radius 2 is 2.12 bits per heavy atom. The van der Waals surface area contributed by atoms with Gasteiger partial charge in [0, 0.05) is 24.6 Å². The van der Waals surface area contributed by atoms with Crippen molar-refractivity contribution < 1.29 is 14.3 Å². The predicted molar refractivity (Wildman–Crippen MR) is 94.9 cm³/mol. The number of amides is 2. The van der Waals surface area contributed by atoms with E-state index in [1.807, 2.05) is 37.3 Å². The van der Waals surface area contributed by atoms with Crippen molar-refractivity contribution in [2.75, 3.05) is 13.1 Å². The van der Waals surface area contributed by atoms with Gasteiger partial charge in [0.2, 0.25) is 5.89 Å². The van der Waals surface area contributed by atoms with Gasteiger partial charge in [0.25, 0.3) is 0 Å². The first kappa shape index (κ1) is 17.5. The summed E-state index contributed by atoms with van der Waals surface area (Å²) in [5.41, 5.74) is 0.954. The van der Waals surface area contributed by atoms with Gasteiger partial charge in [-0.15, -0.1) is 0 Å². The van der Waals surface area contributed by atoms with E-state index in [0.29, 0.717) is 24.7 Å². The molecule has 1 aliphatic heterocycles. The van der Waals surface area contributed by atoms with Crippen LogP contribution in [0.2, 0.25) is 0 Å². The molecule has 134 valence electrons. The molecule has 1 aromatic heterocycles. The van der Waals surface area contributed by atoms with Crippen LogP contribution in [-0.2, 0) is 0 Å². The average molecular weight is 343 g/mol. The van der Waals surface area contributed by atoms with Crippen molar-refractivity contribution in [3.05, 3.63) is 42.4 Å². The van der Waals surface area contributed by atoms with Crippen molar-refractivity contribution in [3.8, 4) is 11.3 Å². The van der Waals surface area contributed by atoms with E-state index in [9.17, 15) is 9.90 Å². The molecule has 2 N–H and O–H groups in total. The van der Waals surface area contributed by atoms with Crippen LogP contribution in [0, 0.1) is 5.92 Å². The van der Waals surface area contributed by atoms with E-state index in [1.165, 1.54) is 0 Å². The Morgan fingerprint density at radius 3 is 2.84 bits per heavy atom. The molecule has 0 aliphatic carbocycles. The molecule has 1 saturated heterocycles. The number of carbonyl (C=O) groups excluding carboxylic acids is 1. The number of carbonyl (C=O) groups is 1. The van der Waals surface area contributed by atoms with Crippen LogP contribution in [-0.4, -0.2) is 40.2 Å². The number of rotatable bonds is 4. The SMILES string of the molecule is CC(NC(=O)N1CCCC(C(C)O)C1)c1ncc(-c2ccccc2)o1. The molecular formula is C19H25N3O3. The Morgan fingerprint density at radius 1 is 1.36 bits per heavy atom. The summed E-state index contributed by atoms with van der Waals surface area (Å²) < 4.78 is 5.79. The molecule has 1 fully saturated rings. The molecular weight excluding hydrogens is 318 g/mol. The molecule has 0 radical (unpaired) electrons. The van der Waals surface area contributed by atoms with Crippen molar-refractivity contribution in [1.82, 2.24) is 15.2 Å². The summed E-state index contributed by atoms with van der Waals surface area (Å²) in [7, 11) is 0. The Balaban J connectivity index is 1.61. The molecule has 1 aliphatic rings. The summed E-state index contributed by atoms with van der Waals surface area (Å²) in [4.78, 5) is 18.5. The zero-order chi connectivity index (χ0) is 17.8. The quantitative estimate of drug-likeness (QED) is 0.893. The highest BCUT2D eigenvalue weighted by molar-refractivity contribution is 5.74. The van der Waals surface area contributed by atoms with Crippen LogP contribution in [0.5, 0.6) is 0 Å². The number of hydrogen-bond acceptors (Lipinski definition) is 4. The van der Waals surface area contributed by atoms with Gasteiger partial charge in [-0.05, 0) is 26.7 Å². The molecule has 0 bridgehead atoms. The van der Waals surface area contributed by atoms with Crippen molar-refractivity contribution in [2.45, 2.75) is 38.8 Å². The fourth-order valence-corrected chi connectivity index (χ4v) is 3.15. The third kappa shape index (κ3) is 4.20. The molecule has 1 aromatic carbocycles. The topological polar surface area (TPSA) is 78.6 Å². The van der Waals surface area contributed by atoms with Crippen LogP contribution in [0.4, 0.5) is 4.79 Å². The first-order valence-corrected chi connectivity index (χ1v) is 8.79. The Bertz CT molecular complexity index is 699. The monoisotopic (exact) mass is 343 g/mol. The van der Waals surface area contributed by atoms with Gasteiger partial charge in [-0.1, -0.05) is 30.3 Å². The zero-order valence-corrected chi connectivity index (χ0v) is 14.7. The van der Waals surface area contributed by atoms with Crippen LogP contribution in [0.15, 0.2) is 40.9 Å². The number of urea groups is 1. The van der Waals surface area contributed by atoms with E-state index < -0.39 is 6.10 Å². The van der Waals surface area contributed by atoms with Gasteiger partial charge in [0.1, 0.15) is 6.04 Å². The highest BCUT2D eigenvalue weighted by atomic mass is 16.4. The van der Waals surface area contributed by atoms with E-state index >= 15 is 0 Å². The maximum atomic E-state index is 12.5. The fourth-order valence-electron chi connectivity index (χ4n) is 3.15. The molecule has 25 heavy (non-hydrogen) atoms. The maximum absolute atomic E-state index is 12.5. The van der Waals surface area contributed by atoms with Crippen molar-refractivity contribution >= 4 is 6.03 Å². The third-order valence-corrected chi connectivity index (χ3v) is 4.72. The largest absolute Gasteiger partial charge is 0.438 e. The summed E-state index contributed by atoms with van der Waals surface area (Å²) in [6.45, 7) is 4.93. The Hall–Kier alpha value is -2.34. The van der Waals surface area contributed by atoms with Gasteiger partial charge in [0.15, 0.2) is 5.76 Å². The van der Waals surface area contributed by atoms with Gasteiger partial charge in [-0.25, -0.2) is 9.78 Å². The number of piperidine rings is 1. The molecule has 3 unspecified atom stereocenters. The molecule has 3 rings (SSSR count). The second-order valence-corrected chi connectivity index (χ2v) is 6.69. The van der Waals surface area contributed by atoms with Crippen LogP contribution < -0.4 is 5.32 Å². The first-order valence-electron chi connectivity index (χ1n) is 8.79. The minimum Gasteiger partial charge on any atom is -0.438 e. The third-order valence-electron chi connectivity index (χ3n) is 4.72. The van der Waals surface area contributed by atoms with E-state index in [-0.39, 0.29) is 18.0 Å². The Kier molecular flexibility index (Phi) is 5.38. The number of likely N-dealkylation sites (tertiary alicyclic amines) is 1. The summed E-state index contributed by atoms with van der Waals surface area (Å²) in [5, 5.41) is 12.7. The van der Waals surface area contributed by atoms with Gasteiger partial charge in [-0.3, -0.25) is 0 Å². The van der Waals surface area contributed by atoms with E-state index in [4.69, 9.17) is 4.42 Å². The molecule has 2 heterocycles. The number of aliphatic hydroxyl groups excluding tert-OH is 1. The van der Waals surface area contributed by atoms with Crippen LogP contribution >= 0.6 is 0 Å². The number of aliphatic hydroxyl groups is 1. The normalized spacial score (nSPS) is 20.1. The Labute approximate surface area is 147 Å². The number of nitrogens with one attached hydrogen (secondary N) is 1. The molecule has 2 aromatic rings.